The maximum absolute atomic E-state index is 11.9. The minimum atomic E-state index is -0.635. The van der Waals surface area contributed by atoms with Crippen LogP contribution in [-0.2, 0) is 19.1 Å². The summed E-state index contributed by atoms with van der Waals surface area (Å²) in [5, 5.41) is 2.66. The van der Waals surface area contributed by atoms with Crippen molar-refractivity contribution in [2.45, 2.75) is 52.0 Å². The minimum absolute atomic E-state index is 0.0149. The van der Waals surface area contributed by atoms with Crippen molar-refractivity contribution in [1.82, 2.24) is 10.2 Å². The first-order valence-corrected chi connectivity index (χ1v) is 7.59. The molecular formula is C15H26N2O4. The maximum Gasteiger partial charge on any atom is 0.328 e. The number of carbonyl (C=O) groups excluding carboxylic acids is 3. The Morgan fingerprint density at radius 1 is 1.14 bits per heavy atom. The summed E-state index contributed by atoms with van der Waals surface area (Å²) in [6.45, 7) is 5.52. The molecule has 0 aromatic rings. The smallest absolute Gasteiger partial charge is 0.328 e. The molecule has 1 heterocycles. The lowest BCUT2D eigenvalue weighted by molar-refractivity contribution is -0.145. The fourth-order valence-electron chi connectivity index (χ4n) is 2.44. The molecule has 0 saturated carbocycles. The number of amides is 2. The highest BCUT2D eigenvalue weighted by Gasteiger charge is 2.23. The molecule has 2 amide bonds. The first-order valence-electron chi connectivity index (χ1n) is 7.59. The van der Waals surface area contributed by atoms with Gasteiger partial charge in [-0.15, -0.1) is 0 Å². The molecule has 6 nitrogen and oxygen atoms in total. The van der Waals surface area contributed by atoms with Crippen LogP contribution < -0.4 is 5.32 Å². The van der Waals surface area contributed by atoms with Crippen molar-refractivity contribution in [3.05, 3.63) is 0 Å². The zero-order chi connectivity index (χ0) is 15.8. The Labute approximate surface area is 126 Å². The third kappa shape index (κ3) is 6.14. The maximum atomic E-state index is 11.9. The summed E-state index contributed by atoms with van der Waals surface area (Å²) in [7, 11) is 1.30. The normalized spacial score (nSPS) is 15.9. The summed E-state index contributed by atoms with van der Waals surface area (Å²) >= 11 is 0. The molecule has 0 aromatic heterocycles. The highest BCUT2D eigenvalue weighted by Crippen LogP contribution is 2.10. The SMILES string of the molecule is COC(=O)[C@@H](CC(C)C)NC(=O)CCC(=O)N1CCCC1. The summed E-state index contributed by atoms with van der Waals surface area (Å²) in [5.74, 6) is -0.441. The third-order valence-electron chi connectivity index (χ3n) is 3.55. The zero-order valence-corrected chi connectivity index (χ0v) is 13.2. The molecule has 1 aliphatic heterocycles. The number of methoxy groups -OCH3 is 1. The minimum Gasteiger partial charge on any atom is -0.467 e. The molecule has 0 aromatic carbocycles. The lowest BCUT2D eigenvalue weighted by Crippen LogP contribution is -2.42. The molecule has 0 aliphatic carbocycles. The van der Waals surface area contributed by atoms with E-state index in [2.05, 4.69) is 5.32 Å². The van der Waals surface area contributed by atoms with E-state index in [1.54, 1.807) is 4.90 Å². The average Bonchev–Trinajstić information content (AvgIpc) is 2.96. The van der Waals surface area contributed by atoms with Crippen LogP contribution >= 0.6 is 0 Å². The fourth-order valence-corrected chi connectivity index (χ4v) is 2.44. The van der Waals surface area contributed by atoms with Crippen LogP contribution in [0, 0.1) is 5.92 Å². The Balaban J connectivity index is 2.38. The second kappa shape index (κ2) is 8.64. The van der Waals surface area contributed by atoms with Crippen LogP contribution in [0.4, 0.5) is 0 Å². The molecule has 1 fully saturated rings. The predicted molar refractivity (Wildman–Crippen MR) is 78.4 cm³/mol. The molecule has 6 heteroatoms. The first kappa shape index (κ1) is 17.5. The summed E-state index contributed by atoms with van der Waals surface area (Å²) in [5.41, 5.74) is 0. The van der Waals surface area contributed by atoms with Gasteiger partial charge in [0.1, 0.15) is 6.04 Å². The van der Waals surface area contributed by atoms with E-state index >= 15 is 0 Å². The van der Waals surface area contributed by atoms with E-state index in [9.17, 15) is 14.4 Å². The Kier molecular flexibility index (Phi) is 7.19. The topological polar surface area (TPSA) is 75.7 Å². The third-order valence-corrected chi connectivity index (χ3v) is 3.55. The van der Waals surface area contributed by atoms with Crippen LogP contribution in [0.3, 0.4) is 0 Å². The monoisotopic (exact) mass is 298 g/mol. The van der Waals surface area contributed by atoms with Gasteiger partial charge >= 0.3 is 5.97 Å². The van der Waals surface area contributed by atoms with Crippen LogP contribution in [0.15, 0.2) is 0 Å². The van der Waals surface area contributed by atoms with E-state index in [1.807, 2.05) is 13.8 Å². The highest BCUT2D eigenvalue weighted by atomic mass is 16.5. The van der Waals surface area contributed by atoms with Gasteiger partial charge in [-0.3, -0.25) is 9.59 Å². The summed E-state index contributed by atoms with van der Waals surface area (Å²) in [6.07, 6.45) is 2.91. The van der Waals surface area contributed by atoms with Crippen molar-refractivity contribution < 1.29 is 19.1 Å². The van der Waals surface area contributed by atoms with Gasteiger partial charge in [-0.1, -0.05) is 13.8 Å². The van der Waals surface area contributed by atoms with Gasteiger partial charge in [0.2, 0.25) is 11.8 Å². The lowest BCUT2D eigenvalue weighted by atomic mass is 10.0. The van der Waals surface area contributed by atoms with E-state index in [1.165, 1.54) is 7.11 Å². The van der Waals surface area contributed by atoms with Gasteiger partial charge < -0.3 is 15.0 Å². The van der Waals surface area contributed by atoms with Gasteiger partial charge in [0.15, 0.2) is 0 Å². The number of nitrogens with zero attached hydrogens (tertiary/aromatic N) is 1. The fraction of sp³-hybridized carbons (Fsp3) is 0.800. The van der Waals surface area contributed by atoms with E-state index in [0.29, 0.717) is 6.42 Å². The van der Waals surface area contributed by atoms with Crippen LogP contribution in [0.5, 0.6) is 0 Å². The number of likely N-dealkylation sites (tertiary alicyclic amines) is 1. The molecule has 0 bridgehead atoms. The number of rotatable bonds is 7. The van der Waals surface area contributed by atoms with Gasteiger partial charge in [-0.2, -0.15) is 0 Å². The number of hydrogen-bond acceptors (Lipinski definition) is 4. The van der Waals surface area contributed by atoms with E-state index in [-0.39, 0.29) is 30.6 Å². The average molecular weight is 298 g/mol. The molecule has 1 aliphatic rings. The van der Waals surface area contributed by atoms with Crippen molar-refractivity contribution in [2.24, 2.45) is 5.92 Å². The summed E-state index contributed by atoms with van der Waals surface area (Å²) < 4.78 is 4.69. The number of ether oxygens (including phenoxy) is 1. The Hall–Kier alpha value is -1.59. The van der Waals surface area contributed by atoms with Crippen LogP contribution in [-0.4, -0.2) is 48.9 Å². The van der Waals surface area contributed by atoms with Gasteiger partial charge in [-0.25, -0.2) is 4.79 Å². The van der Waals surface area contributed by atoms with Gasteiger partial charge in [-0.05, 0) is 25.2 Å². The van der Waals surface area contributed by atoms with Crippen molar-refractivity contribution in [1.29, 1.82) is 0 Å². The van der Waals surface area contributed by atoms with Crippen LogP contribution in [0.1, 0.15) is 46.0 Å². The van der Waals surface area contributed by atoms with Gasteiger partial charge in [0.05, 0.1) is 7.11 Å². The molecule has 0 spiro atoms. The first-order chi connectivity index (χ1) is 9.93. The molecule has 1 N–H and O–H groups in total. The Bertz CT molecular complexity index is 376. The molecule has 0 unspecified atom stereocenters. The van der Waals surface area contributed by atoms with Gasteiger partial charge in [0, 0.05) is 25.9 Å². The quantitative estimate of drug-likeness (QED) is 0.714. The van der Waals surface area contributed by atoms with E-state index < -0.39 is 12.0 Å². The summed E-state index contributed by atoms with van der Waals surface area (Å²) in [6, 6.07) is -0.635. The standard InChI is InChI=1S/C15H26N2O4/c1-11(2)10-12(15(20)21-3)16-13(18)6-7-14(19)17-8-4-5-9-17/h11-12H,4-10H2,1-3H3,(H,16,18)/t12-/m1/s1. The molecule has 1 rings (SSSR count). The Morgan fingerprint density at radius 2 is 1.76 bits per heavy atom. The van der Waals surface area contributed by atoms with Crippen molar-refractivity contribution in [3.63, 3.8) is 0 Å². The van der Waals surface area contributed by atoms with Crippen LogP contribution in [0.25, 0.3) is 0 Å². The number of nitrogens with one attached hydrogen (secondary N) is 1. The number of esters is 1. The van der Waals surface area contributed by atoms with E-state index in [4.69, 9.17) is 4.74 Å². The molecular weight excluding hydrogens is 272 g/mol. The molecule has 1 saturated heterocycles. The van der Waals surface area contributed by atoms with Crippen molar-refractivity contribution in [2.75, 3.05) is 20.2 Å². The Morgan fingerprint density at radius 3 is 2.29 bits per heavy atom. The van der Waals surface area contributed by atoms with Crippen LogP contribution in [0.2, 0.25) is 0 Å². The molecule has 120 valence electrons. The molecule has 21 heavy (non-hydrogen) atoms. The second-order valence-corrected chi connectivity index (χ2v) is 5.86. The second-order valence-electron chi connectivity index (χ2n) is 5.86. The highest BCUT2D eigenvalue weighted by molar-refractivity contribution is 5.87. The summed E-state index contributed by atoms with van der Waals surface area (Å²) in [4.78, 5) is 37.2. The van der Waals surface area contributed by atoms with E-state index in [0.717, 1.165) is 25.9 Å². The van der Waals surface area contributed by atoms with Crippen molar-refractivity contribution in [3.8, 4) is 0 Å². The molecule has 1 atom stereocenters. The van der Waals surface area contributed by atoms with Crippen molar-refractivity contribution >= 4 is 17.8 Å². The predicted octanol–water partition coefficient (Wildman–Crippen LogP) is 1.09. The van der Waals surface area contributed by atoms with Gasteiger partial charge in [0.25, 0.3) is 0 Å². The number of carbonyl (C=O) groups is 3. The molecule has 0 radical (unpaired) electrons. The number of hydrogen-bond donors (Lipinski definition) is 1. The lowest BCUT2D eigenvalue weighted by Gasteiger charge is -2.19. The zero-order valence-electron chi connectivity index (χ0n) is 13.2. The largest absolute Gasteiger partial charge is 0.467 e.